The van der Waals surface area contributed by atoms with Crippen molar-refractivity contribution in [3.8, 4) is 11.5 Å². The second-order valence-corrected chi connectivity index (χ2v) is 6.68. The molecule has 5 nitrogen and oxygen atoms in total. The summed E-state index contributed by atoms with van der Waals surface area (Å²) in [6, 6.07) is 11.4. The predicted molar refractivity (Wildman–Crippen MR) is 90.5 cm³/mol. The molecule has 1 saturated carbocycles. The second-order valence-electron chi connectivity index (χ2n) is 6.68. The van der Waals surface area contributed by atoms with Crippen LogP contribution in [0.5, 0.6) is 11.5 Å². The Morgan fingerprint density at radius 1 is 1.08 bits per heavy atom. The van der Waals surface area contributed by atoms with Crippen LogP contribution in [0.25, 0.3) is 10.8 Å². The zero-order chi connectivity index (χ0) is 17.2. The van der Waals surface area contributed by atoms with E-state index >= 15 is 0 Å². The topological polar surface area (TPSA) is 76.0 Å². The van der Waals surface area contributed by atoms with Gasteiger partial charge in [-0.15, -0.1) is 0 Å². The molecule has 2 aromatic rings. The normalized spacial score (nSPS) is 26.4. The minimum absolute atomic E-state index is 0.122. The first-order chi connectivity index (χ1) is 12.1. The lowest BCUT2D eigenvalue weighted by Crippen LogP contribution is -2.57. The maximum Gasteiger partial charge on any atom is 0.281 e. The van der Waals surface area contributed by atoms with Crippen LogP contribution in [0.4, 0.5) is 0 Å². The molecule has 25 heavy (non-hydrogen) atoms. The van der Waals surface area contributed by atoms with E-state index in [1.165, 1.54) is 6.08 Å². The molecule has 0 radical (unpaired) electrons. The number of allylic oxidation sites excluding steroid dienone is 1. The summed E-state index contributed by atoms with van der Waals surface area (Å²) in [6.07, 6.45) is 2.69. The van der Waals surface area contributed by atoms with Gasteiger partial charge in [0.15, 0.2) is 5.78 Å². The number of ketones is 1. The monoisotopic (exact) mass is 336 g/mol. The van der Waals surface area contributed by atoms with Gasteiger partial charge in [-0.2, -0.15) is 0 Å². The van der Waals surface area contributed by atoms with Crippen LogP contribution in [0, 0.1) is 5.92 Å². The molecule has 5 heteroatoms. The fourth-order valence-corrected chi connectivity index (χ4v) is 4.11. The number of aliphatic hydroxyl groups excluding tert-OH is 2. The summed E-state index contributed by atoms with van der Waals surface area (Å²) in [4.78, 5) is 12.4. The molecule has 2 N–H and O–H groups in total. The number of hydrogen-bond donors (Lipinski definition) is 2. The van der Waals surface area contributed by atoms with Gasteiger partial charge >= 0.3 is 0 Å². The van der Waals surface area contributed by atoms with Crippen molar-refractivity contribution in [2.75, 3.05) is 0 Å². The fourth-order valence-electron chi connectivity index (χ4n) is 4.11. The molecule has 2 atom stereocenters. The van der Waals surface area contributed by atoms with Crippen LogP contribution >= 0.6 is 0 Å². The van der Waals surface area contributed by atoms with Gasteiger partial charge in [-0.25, -0.2) is 0 Å². The van der Waals surface area contributed by atoms with E-state index in [1.807, 2.05) is 36.4 Å². The number of hydrogen-bond acceptors (Lipinski definition) is 5. The van der Waals surface area contributed by atoms with Gasteiger partial charge in [0, 0.05) is 12.5 Å². The van der Waals surface area contributed by atoms with Crippen LogP contribution in [0.1, 0.15) is 12.8 Å². The van der Waals surface area contributed by atoms with E-state index in [0.29, 0.717) is 17.9 Å². The van der Waals surface area contributed by atoms with Crippen LogP contribution in [-0.2, 0) is 4.79 Å². The fraction of sp³-hybridized carbons (Fsp3) is 0.250. The molecule has 1 fully saturated rings. The maximum atomic E-state index is 12.4. The van der Waals surface area contributed by atoms with Gasteiger partial charge < -0.3 is 19.7 Å². The minimum Gasteiger partial charge on any atom is -0.508 e. The van der Waals surface area contributed by atoms with Gasteiger partial charge in [-0.3, -0.25) is 4.79 Å². The minimum atomic E-state index is -1.35. The molecule has 0 amide bonds. The highest BCUT2D eigenvalue weighted by molar-refractivity contribution is 5.99. The van der Waals surface area contributed by atoms with Crippen LogP contribution in [-0.4, -0.2) is 27.9 Å². The first-order valence-corrected chi connectivity index (χ1v) is 8.32. The van der Waals surface area contributed by atoms with Crippen LogP contribution in [0.3, 0.4) is 0 Å². The largest absolute Gasteiger partial charge is 0.508 e. The Balaban J connectivity index is 1.70. The number of carbonyl (C=O) groups excluding carboxylic acids is 1. The number of fused-ring (bicyclic) bond motifs is 2. The molecule has 3 aliphatic rings. The first kappa shape index (κ1) is 14.5. The first-order valence-electron chi connectivity index (χ1n) is 8.32. The average molecular weight is 336 g/mol. The van der Waals surface area contributed by atoms with Crippen molar-refractivity contribution >= 4 is 16.6 Å². The Labute approximate surface area is 143 Å². The molecular formula is C20H16O5. The van der Waals surface area contributed by atoms with Crippen molar-refractivity contribution in [1.82, 2.24) is 0 Å². The van der Waals surface area contributed by atoms with Crippen molar-refractivity contribution in [3.63, 3.8) is 0 Å². The summed E-state index contributed by atoms with van der Waals surface area (Å²) in [5.41, 5.74) is 0.188. The number of carbonyl (C=O) groups is 1. The number of Topliss-reactive ketones (excluding diaryl/α,β-unsaturated/α-hetero) is 1. The Kier molecular flexibility index (Phi) is 2.83. The SMILES string of the molecule is O=C1CC[C@H](O)[C@H]2C1=C(O)C=CC21Oc2cccc3cccc(c23)O1. The summed E-state index contributed by atoms with van der Waals surface area (Å²) in [5.74, 6) is -1.16. The highest BCUT2D eigenvalue weighted by Crippen LogP contribution is 2.49. The van der Waals surface area contributed by atoms with Gasteiger partial charge in [0.1, 0.15) is 17.3 Å². The van der Waals surface area contributed by atoms with E-state index in [1.54, 1.807) is 6.08 Å². The molecule has 2 aliphatic carbocycles. The highest BCUT2D eigenvalue weighted by atomic mass is 16.7. The molecule has 126 valence electrons. The Morgan fingerprint density at radius 2 is 1.76 bits per heavy atom. The molecule has 1 heterocycles. The van der Waals surface area contributed by atoms with Gasteiger partial charge in [-0.1, -0.05) is 24.3 Å². The summed E-state index contributed by atoms with van der Waals surface area (Å²) in [5, 5.41) is 22.7. The van der Waals surface area contributed by atoms with Gasteiger partial charge in [-0.05, 0) is 30.0 Å². The van der Waals surface area contributed by atoms with Crippen molar-refractivity contribution in [1.29, 1.82) is 0 Å². The molecule has 0 saturated heterocycles. The lowest BCUT2D eigenvalue weighted by atomic mass is 9.72. The molecule has 1 spiro atoms. The summed E-state index contributed by atoms with van der Waals surface area (Å²) in [6.45, 7) is 0. The van der Waals surface area contributed by atoms with E-state index in [2.05, 4.69) is 0 Å². The van der Waals surface area contributed by atoms with Crippen molar-refractivity contribution < 1.29 is 24.5 Å². The number of rotatable bonds is 0. The van der Waals surface area contributed by atoms with E-state index in [9.17, 15) is 15.0 Å². The van der Waals surface area contributed by atoms with E-state index in [0.717, 1.165) is 10.8 Å². The van der Waals surface area contributed by atoms with Crippen molar-refractivity contribution in [3.05, 3.63) is 59.9 Å². The molecule has 0 bridgehead atoms. The lowest BCUT2D eigenvalue weighted by molar-refractivity contribution is -0.153. The van der Waals surface area contributed by atoms with Crippen LogP contribution < -0.4 is 9.47 Å². The van der Waals surface area contributed by atoms with Crippen LogP contribution in [0.2, 0.25) is 0 Å². The van der Waals surface area contributed by atoms with Crippen molar-refractivity contribution in [2.24, 2.45) is 5.92 Å². The summed E-state index contributed by atoms with van der Waals surface area (Å²) in [7, 11) is 0. The highest BCUT2D eigenvalue weighted by Gasteiger charge is 2.55. The third kappa shape index (κ3) is 1.90. The smallest absolute Gasteiger partial charge is 0.281 e. The third-order valence-electron chi connectivity index (χ3n) is 5.21. The lowest BCUT2D eigenvalue weighted by Gasteiger charge is -2.46. The molecule has 5 rings (SSSR count). The van der Waals surface area contributed by atoms with Crippen molar-refractivity contribution in [2.45, 2.75) is 24.7 Å². The number of benzene rings is 2. The number of aliphatic hydroxyl groups is 2. The maximum absolute atomic E-state index is 12.4. The summed E-state index contributed by atoms with van der Waals surface area (Å²) < 4.78 is 12.4. The quantitative estimate of drug-likeness (QED) is 0.773. The molecule has 0 aromatic heterocycles. The second kappa shape index (κ2) is 4.86. The Morgan fingerprint density at radius 3 is 2.44 bits per heavy atom. The van der Waals surface area contributed by atoms with Gasteiger partial charge in [0.05, 0.1) is 23.0 Å². The predicted octanol–water partition coefficient (Wildman–Crippen LogP) is 3.03. The Hall–Kier alpha value is -2.79. The zero-order valence-corrected chi connectivity index (χ0v) is 13.3. The Bertz CT molecular complexity index is 930. The summed E-state index contributed by atoms with van der Waals surface area (Å²) >= 11 is 0. The molecule has 1 aliphatic heterocycles. The zero-order valence-electron chi connectivity index (χ0n) is 13.3. The van der Waals surface area contributed by atoms with E-state index in [4.69, 9.17) is 9.47 Å². The molecule has 0 unspecified atom stereocenters. The molecular weight excluding hydrogens is 320 g/mol. The number of ether oxygens (including phenoxy) is 2. The average Bonchev–Trinajstić information content (AvgIpc) is 2.61. The van der Waals surface area contributed by atoms with E-state index < -0.39 is 17.8 Å². The van der Waals surface area contributed by atoms with E-state index in [-0.39, 0.29) is 23.5 Å². The van der Waals surface area contributed by atoms with Gasteiger partial charge in [0.25, 0.3) is 5.79 Å². The standard InChI is InChI=1S/C20H16O5/c21-12-7-8-14(23)19-18(12)13(22)9-10-20(19)24-15-5-1-3-11-4-2-6-16(25-20)17(11)15/h1-6,9-10,14,19,22-23H,7-8H2/t14-,19-/m0/s1. The molecule has 2 aromatic carbocycles. The van der Waals surface area contributed by atoms with Crippen LogP contribution in [0.15, 0.2) is 59.9 Å². The third-order valence-corrected chi connectivity index (χ3v) is 5.21. The van der Waals surface area contributed by atoms with Gasteiger partial charge in [0.2, 0.25) is 0 Å².